The van der Waals surface area contributed by atoms with Gasteiger partial charge in [-0.1, -0.05) is 0 Å². The molecule has 0 unspecified atom stereocenters. The summed E-state index contributed by atoms with van der Waals surface area (Å²) in [6.07, 6.45) is 0.767. The quantitative estimate of drug-likeness (QED) is 0.233. The fraction of sp³-hybridized carbons (Fsp3) is 0. The minimum absolute atomic E-state index is 0. The van der Waals surface area contributed by atoms with Gasteiger partial charge in [-0.25, -0.2) is 13.4 Å². The van der Waals surface area contributed by atoms with E-state index in [0.717, 1.165) is 6.33 Å². The first-order valence-corrected chi connectivity index (χ1v) is 3.97. The van der Waals surface area contributed by atoms with Crippen LogP contribution in [0.4, 0.5) is 5.82 Å². The van der Waals surface area contributed by atoms with Crippen LogP contribution in [0.2, 0.25) is 0 Å². The predicted octanol–water partition coefficient (Wildman–Crippen LogP) is -3.77. The SMILES string of the molecule is O=[N+]([O-])c1[nH]cnc1S(=O)(=O)[O-].[Na+]. The molecule has 66 valence electrons. The molecule has 10 heteroatoms. The summed E-state index contributed by atoms with van der Waals surface area (Å²) in [4.78, 5) is 14.0. The van der Waals surface area contributed by atoms with Crippen LogP contribution < -0.4 is 29.6 Å². The van der Waals surface area contributed by atoms with Gasteiger partial charge >= 0.3 is 35.4 Å². The molecule has 1 rings (SSSR count). The van der Waals surface area contributed by atoms with E-state index in [1.54, 1.807) is 0 Å². The van der Waals surface area contributed by atoms with Crippen LogP contribution in [-0.2, 0) is 10.1 Å². The molecule has 0 aliphatic heterocycles. The molecule has 0 atom stereocenters. The molecule has 0 aliphatic carbocycles. The summed E-state index contributed by atoms with van der Waals surface area (Å²) in [6.45, 7) is 0. The fourth-order valence-corrected chi connectivity index (χ4v) is 1.14. The summed E-state index contributed by atoms with van der Waals surface area (Å²) in [5.74, 6) is -0.912. The molecular weight excluding hydrogens is 213 g/mol. The van der Waals surface area contributed by atoms with Crippen molar-refractivity contribution in [3.63, 3.8) is 0 Å². The molecule has 0 spiro atoms. The zero-order chi connectivity index (χ0) is 9.35. The van der Waals surface area contributed by atoms with E-state index < -0.39 is 25.9 Å². The van der Waals surface area contributed by atoms with Crippen LogP contribution in [-0.4, -0.2) is 27.9 Å². The van der Waals surface area contributed by atoms with Crippen LogP contribution in [0.1, 0.15) is 0 Å². The topological polar surface area (TPSA) is 129 Å². The third kappa shape index (κ3) is 2.74. The molecule has 0 fully saturated rings. The molecule has 1 aromatic heterocycles. The normalized spacial score (nSPS) is 10.5. The average Bonchev–Trinajstić information content (AvgIpc) is 2.30. The molecule has 0 saturated heterocycles. The number of nitrogens with zero attached hydrogens (tertiary/aromatic N) is 2. The van der Waals surface area contributed by atoms with Gasteiger partial charge in [0.1, 0.15) is 0 Å². The maximum Gasteiger partial charge on any atom is 1.00 e. The first-order valence-electron chi connectivity index (χ1n) is 2.56. The number of hydrogen-bond acceptors (Lipinski definition) is 6. The van der Waals surface area contributed by atoms with Crippen molar-refractivity contribution in [2.45, 2.75) is 5.03 Å². The van der Waals surface area contributed by atoms with Gasteiger partial charge in [-0.3, -0.25) is 0 Å². The van der Waals surface area contributed by atoms with E-state index in [2.05, 4.69) is 4.98 Å². The Bertz CT molecular complexity index is 410. The average molecular weight is 215 g/mol. The van der Waals surface area contributed by atoms with Gasteiger partial charge in [-0.15, -0.1) is 0 Å². The minimum atomic E-state index is -4.87. The van der Waals surface area contributed by atoms with Gasteiger partial charge in [-0.2, -0.15) is 4.98 Å². The maximum atomic E-state index is 10.3. The summed E-state index contributed by atoms with van der Waals surface area (Å²) in [6, 6.07) is 0. The van der Waals surface area contributed by atoms with Crippen LogP contribution in [0.25, 0.3) is 0 Å². The third-order valence-electron chi connectivity index (χ3n) is 1.01. The summed E-state index contributed by atoms with van der Waals surface area (Å²) in [5, 5.41) is 8.97. The zero-order valence-electron chi connectivity index (χ0n) is 6.42. The Morgan fingerprint density at radius 2 is 2.08 bits per heavy atom. The van der Waals surface area contributed by atoms with E-state index in [-0.39, 0.29) is 29.6 Å². The Morgan fingerprint density at radius 3 is 2.38 bits per heavy atom. The summed E-state index contributed by atoms with van der Waals surface area (Å²) in [5.41, 5.74) is 0. The van der Waals surface area contributed by atoms with Gasteiger partial charge in [0.2, 0.25) is 5.03 Å². The van der Waals surface area contributed by atoms with Crippen molar-refractivity contribution in [1.82, 2.24) is 9.97 Å². The Kier molecular flexibility index (Phi) is 4.00. The molecule has 1 heterocycles. The maximum absolute atomic E-state index is 10.3. The Balaban J connectivity index is 0.00000144. The van der Waals surface area contributed by atoms with Gasteiger partial charge in [-0.05, 0) is 4.92 Å². The van der Waals surface area contributed by atoms with Crippen LogP contribution >= 0.6 is 0 Å². The summed E-state index contributed by atoms with van der Waals surface area (Å²) < 4.78 is 30.8. The Hall–Kier alpha value is -0.480. The van der Waals surface area contributed by atoms with Crippen LogP contribution in [0.3, 0.4) is 0 Å². The van der Waals surface area contributed by atoms with E-state index >= 15 is 0 Å². The molecular formula is C3H2N3NaO5S. The van der Waals surface area contributed by atoms with Crippen molar-refractivity contribution in [2.75, 3.05) is 0 Å². The van der Waals surface area contributed by atoms with Crippen LogP contribution in [0.5, 0.6) is 0 Å². The molecule has 1 aromatic rings. The molecule has 0 amide bonds. The number of imidazole rings is 1. The zero-order valence-corrected chi connectivity index (χ0v) is 9.24. The van der Waals surface area contributed by atoms with Gasteiger partial charge in [0, 0.05) is 0 Å². The number of rotatable bonds is 2. The number of aromatic amines is 1. The number of nitro groups is 1. The number of H-pyrrole nitrogens is 1. The monoisotopic (exact) mass is 215 g/mol. The van der Waals surface area contributed by atoms with Crippen molar-refractivity contribution in [2.24, 2.45) is 0 Å². The van der Waals surface area contributed by atoms with Gasteiger partial charge in [0.25, 0.3) is 0 Å². The van der Waals surface area contributed by atoms with Gasteiger partial charge in [0.05, 0.1) is 0 Å². The van der Waals surface area contributed by atoms with Crippen molar-refractivity contribution in [1.29, 1.82) is 0 Å². The number of hydrogen-bond donors (Lipinski definition) is 1. The molecule has 1 N–H and O–H groups in total. The standard InChI is InChI=1S/C3H3N3O5S.Na/c7-6(8)2-3(5-1-4-2)12(9,10)11;/h1H,(H,4,5)(H,9,10,11);/q;+1/p-1. The van der Waals surface area contributed by atoms with E-state index in [1.165, 1.54) is 0 Å². The summed E-state index contributed by atoms with van der Waals surface area (Å²) in [7, 11) is -4.87. The van der Waals surface area contributed by atoms with Crippen LogP contribution in [0.15, 0.2) is 11.4 Å². The van der Waals surface area contributed by atoms with E-state index in [4.69, 9.17) is 0 Å². The van der Waals surface area contributed by atoms with E-state index in [9.17, 15) is 23.1 Å². The molecule has 0 aliphatic rings. The van der Waals surface area contributed by atoms with Crippen molar-refractivity contribution < 1.29 is 47.5 Å². The predicted molar refractivity (Wildman–Crippen MR) is 33.2 cm³/mol. The Labute approximate surface area is 94.6 Å². The smallest absolute Gasteiger partial charge is 0.743 e. The van der Waals surface area contributed by atoms with Crippen LogP contribution in [0, 0.1) is 10.1 Å². The molecule has 0 bridgehead atoms. The Morgan fingerprint density at radius 1 is 1.54 bits per heavy atom. The molecule has 0 saturated carbocycles. The van der Waals surface area contributed by atoms with E-state index in [1.807, 2.05) is 4.98 Å². The third-order valence-corrected chi connectivity index (χ3v) is 1.78. The minimum Gasteiger partial charge on any atom is -0.743 e. The summed E-state index contributed by atoms with van der Waals surface area (Å²) >= 11 is 0. The fourth-order valence-electron chi connectivity index (χ4n) is 0.589. The van der Waals surface area contributed by atoms with Crippen molar-refractivity contribution in [3.8, 4) is 0 Å². The number of aromatic nitrogens is 2. The largest absolute Gasteiger partial charge is 1.00 e. The molecule has 13 heavy (non-hydrogen) atoms. The number of nitrogens with one attached hydrogen (secondary N) is 1. The van der Waals surface area contributed by atoms with Crippen molar-refractivity contribution >= 4 is 15.9 Å². The second kappa shape index (κ2) is 4.15. The van der Waals surface area contributed by atoms with Crippen molar-refractivity contribution in [3.05, 3.63) is 16.4 Å². The van der Waals surface area contributed by atoms with Gasteiger partial charge in [0.15, 0.2) is 16.4 Å². The van der Waals surface area contributed by atoms with E-state index in [0.29, 0.717) is 0 Å². The van der Waals surface area contributed by atoms with Gasteiger partial charge < -0.3 is 14.7 Å². The molecule has 0 aromatic carbocycles. The first kappa shape index (κ1) is 12.5. The first-order chi connectivity index (χ1) is 5.43. The molecule has 8 nitrogen and oxygen atoms in total. The molecule has 0 radical (unpaired) electrons. The second-order valence-electron chi connectivity index (χ2n) is 1.77. The second-order valence-corrected chi connectivity index (χ2v) is 3.06.